The molecule has 44 heavy (non-hydrogen) atoms. The van der Waals surface area contributed by atoms with E-state index in [1.54, 1.807) is 48.5 Å². The van der Waals surface area contributed by atoms with Crippen molar-refractivity contribution in [2.24, 2.45) is 0 Å². The molecule has 2 unspecified atom stereocenters. The zero-order chi connectivity index (χ0) is 31.0. The number of ketones is 1. The molecule has 4 aromatic rings. The lowest BCUT2D eigenvalue weighted by atomic mass is 9.94. The number of aliphatic hydroxyl groups is 1. The van der Waals surface area contributed by atoms with Crippen molar-refractivity contribution in [2.75, 3.05) is 11.5 Å². The first-order chi connectivity index (χ1) is 21.2. The maximum Gasteiger partial charge on any atom is 0.301 e. The SMILES string of the molecule is CCCOc1ccc(C2/C(=C(\O)c3ccc4c(c3)CC(C)O4)C(=O)C(=O)N2c2nnc(SCc3ccc(Cl)cc3Cl)s2)cc1. The Hall–Kier alpha value is -3.57. The van der Waals surface area contributed by atoms with Crippen LogP contribution in [0.2, 0.25) is 10.0 Å². The number of hydrogen-bond donors (Lipinski definition) is 1. The van der Waals surface area contributed by atoms with Crippen LogP contribution >= 0.6 is 46.3 Å². The van der Waals surface area contributed by atoms with Crippen molar-refractivity contribution in [1.82, 2.24) is 10.2 Å². The Morgan fingerprint density at radius 2 is 1.91 bits per heavy atom. The van der Waals surface area contributed by atoms with E-state index in [0.717, 1.165) is 23.3 Å². The van der Waals surface area contributed by atoms with Crippen molar-refractivity contribution in [3.05, 3.63) is 98.5 Å². The van der Waals surface area contributed by atoms with Crippen LogP contribution < -0.4 is 14.4 Å². The fraction of sp³-hybridized carbons (Fsp3) is 0.250. The number of carbonyl (C=O) groups excluding carboxylic acids is 2. The van der Waals surface area contributed by atoms with Gasteiger partial charge in [-0.25, -0.2) is 0 Å². The van der Waals surface area contributed by atoms with E-state index in [9.17, 15) is 14.7 Å². The number of fused-ring (bicyclic) bond motifs is 1. The zero-order valence-electron chi connectivity index (χ0n) is 23.8. The molecule has 1 amide bonds. The molecule has 1 saturated heterocycles. The Morgan fingerprint density at radius 3 is 2.66 bits per heavy atom. The molecule has 2 aliphatic heterocycles. The van der Waals surface area contributed by atoms with Crippen molar-refractivity contribution >= 4 is 68.9 Å². The summed E-state index contributed by atoms with van der Waals surface area (Å²) in [5, 5.41) is 21.5. The summed E-state index contributed by atoms with van der Waals surface area (Å²) in [7, 11) is 0. The summed E-state index contributed by atoms with van der Waals surface area (Å²) in [6.07, 6.45) is 1.55. The molecule has 1 fully saturated rings. The average Bonchev–Trinajstić information content (AvgIpc) is 3.70. The standard InChI is InChI=1S/C32H27Cl2N3O5S2/c1-3-12-41-23-9-5-18(6-10-23)27-26(28(38)19-7-11-25-21(14-19)13-17(2)42-25)29(39)30(40)37(27)31-35-36-32(44-31)43-16-20-4-8-22(33)15-24(20)34/h4-11,14-15,17,27,38H,3,12-13,16H2,1-2H3/b28-26+. The van der Waals surface area contributed by atoms with Crippen LogP contribution in [0.5, 0.6) is 11.5 Å². The molecule has 1 N–H and O–H groups in total. The molecular weight excluding hydrogens is 641 g/mol. The molecule has 8 nitrogen and oxygen atoms in total. The van der Waals surface area contributed by atoms with Gasteiger partial charge in [-0.15, -0.1) is 10.2 Å². The molecule has 3 aromatic carbocycles. The first-order valence-electron chi connectivity index (χ1n) is 14.0. The van der Waals surface area contributed by atoms with Crippen LogP contribution in [0.4, 0.5) is 5.13 Å². The van der Waals surface area contributed by atoms with Crippen molar-refractivity contribution < 1.29 is 24.2 Å². The van der Waals surface area contributed by atoms with Crippen LogP contribution in [0.1, 0.15) is 48.6 Å². The summed E-state index contributed by atoms with van der Waals surface area (Å²) < 4.78 is 12.1. The van der Waals surface area contributed by atoms with E-state index in [1.165, 1.54) is 28.0 Å². The van der Waals surface area contributed by atoms with Crippen LogP contribution in [0.25, 0.3) is 5.76 Å². The number of thioether (sulfide) groups is 1. The van der Waals surface area contributed by atoms with Crippen molar-refractivity contribution in [1.29, 1.82) is 0 Å². The lowest BCUT2D eigenvalue weighted by Gasteiger charge is -2.22. The summed E-state index contributed by atoms with van der Waals surface area (Å²) in [5.41, 5.74) is 2.82. The summed E-state index contributed by atoms with van der Waals surface area (Å²) in [5.74, 6) is 0.0483. The number of rotatable bonds is 9. The molecule has 2 atom stereocenters. The predicted octanol–water partition coefficient (Wildman–Crippen LogP) is 7.88. The van der Waals surface area contributed by atoms with E-state index in [4.69, 9.17) is 32.7 Å². The van der Waals surface area contributed by atoms with Crippen LogP contribution in [0.3, 0.4) is 0 Å². The molecule has 226 valence electrons. The minimum Gasteiger partial charge on any atom is -0.507 e. The molecule has 0 bridgehead atoms. The van der Waals surface area contributed by atoms with Gasteiger partial charge in [0.2, 0.25) is 5.13 Å². The number of nitrogens with zero attached hydrogens (tertiary/aromatic N) is 3. The molecule has 1 aromatic heterocycles. The highest BCUT2D eigenvalue weighted by Gasteiger charge is 2.48. The highest BCUT2D eigenvalue weighted by molar-refractivity contribution is 8.00. The highest BCUT2D eigenvalue weighted by Crippen LogP contribution is 2.45. The number of Topliss-reactive ketones (excluding diaryl/α,β-unsaturated/α-hetero) is 1. The van der Waals surface area contributed by atoms with Gasteiger partial charge in [-0.1, -0.05) is 71.4 Å². The summed E-state index contributed by atoms with van der Waals surface area (Å²) >= 11 is 14.9. The Bertz CT molecular complexity index is 1780. The second kappa shape index (κ2) is 12.8. The lowest BCUT2D eigenvalue weighted by Crippen LogP contribution is -2.29. The van der Waals surface area contributed by atoms with E-state index in [-0.39, 0.29) is 22.6 Å². The largest absolute Gasteiger partial charge is 0.507 e. The first kappa shape index (κ1) is 30.5. The molecule has 0 spiro atoms. The van der Waals surface area contributed by atoms with E-state index < -0.39 is 17.7 Å². The number of hydrogen-bond acceptors (Lipinski definition) is 9. The van der Waals surface area contributed by atoms with E-state index in [1.807, 2.05) is 26.0 Å². The normalized spacial score (nSPS) is 18.9. The molecule has 12 heteroatoms. The number of anilines is 1. The third kappa shape index (κ3) is 6.04. The monoisotopic (exact) mass is 667 g/mol. The van der Waals surface area contributed by atoms with Gasteiger partial charge in [0.25, 0.3) is 5.78 Å². The maximum absolute atomic E-state index is 13.6. The smallest absolute Gasteiger partial charge is 0.301 e. The minimum absolute atomic E-state index is 0.0154. The Kier molecular flexibility index (Phi) is 8.87. The van der Waals surface area contributed by atoms with Gasteiger partial charge in [-0.05, 0) is 72.5 Å². The van der Waals surface area contributed by atoms with Crippen LogP contribution in [-0.2, 0) is 21.8 Å². The van der Waals surface area contributed by atoms with Gasteiger partial charge in [0, 0.05) is 27.8 Å². The number of carbonyl (C=O) groups is 2. The fourth-order valence-electron chi connectivity index (χ4n) is 5.17. The number of halogens is 2. The van der Waals surface area contributed by atoms with Crippen molar-refractivity contribution in [3.63, 3.8) is 0 Å². The van der Waals surface area contributed by atoms with Gasteiger partial charge in [0.05, 0.1) is 18.2 Å². The zero-order valence-corrected chi connectivity index (χ0v) is 26.9. The van der Waals surface area contributed by atoms with Gasteiger partial charge < -0.3 is 14.6 Å². The van der Waals surface area contributed by atoms with E-state index in [0.29, 0.717) is 50.0 Å². The lowest BCUT2D eigenvalue weighted by molar-refractivity contribution is -0.132. The molecule has 2 aliphatic rings. The average molecular weight is 669 g/mol. The summed E-state index contributed by atoms with van der Waals surface area (Å²) in [6.45, 7) is 4.55. The Labute approximate surface area is 272 Å². The number of ether oxygens (including phenoxy) is 2. The molecular formula is C32H27Cl2N3O5S2. The van der Waals surface area contributed by atoms with Gasteiger partial charge in [-0.2, -0.15) is 0 Å². The second-order valence-electron chi connectivity index (χ2n) is 10.4. The third-order valence-corrected chi connectivity index (χ3v) is 9.94. The Morgan fingerprint density at radius 1 is 1.11 bits per heavy atom. The number of benzene rings is 3. The second-order valence-corrected chi connectivity index (χ2v) is 13.4. The van der Waals surface area contributed by atoms with Crippen LogP contribution in [0.15, 0.2) is 70.6 Å². The topological polar surface area (TPSA) is 102 Å². The van der Waals surface area contributed by atoms with E-state index in [2.05, 4.69) is 10.2 Å². The number of aromatic nitrogens is 2. The number of aliphatic hydroxyl groups excluding tert-OH is 1. The molecule has 0 radical (unpaired) electrons. The molecule has 3 heterocycles. The number of amides is 1. The minimum atomic E-state index is -0.935. The van der Waals surface area contributed by atoms with Gasteiger partial charge in [-0.3, -0.25) is 14.5 Å². The summed E-state index contributed by atoms with van der Waals surface area (Å²) in [6, 6.07) is 16.8. The van der Waals surface area contributed by atoms with Crippen LogP contribution in [0, 0.1) is 0 Å². The molecule has 0 aliphatic carbocycles. The highest BCUT2D eigenvalue weighted by atomic mass is 35.5. The fourth-order valence-corrected chi connectivity index (χ4v) is 7.60. The van der Waals surface area contributed by atoms with Crippen molar-refractivity contribution in [2.45, 2.75) is 48.9 Å². The third-order valence-electron chi connectivity index (χ3n) is 7.25. The maximum atomic E-state index is 13.6. The van der Waals surface area contributed by atoms with Gasteiger partial charge in [0.1, 0.15) is 23.4 Å². The summed E-state index contributed by atoms with van der Waals surface area (Å²) in [4.78, 5) is 28.6. The van der Waals surface area contributed by atoms with Crippen molar-refractivity contribution in [3.8, 4) is 11.5 Å². The van der Waals surface area contributed by atoms with Crippen LogP contribution in [-0.4, -0.2) is 39.7 Å². The van der Waals surface area contributed by atoms with Gasteiger partial charge in [0.15, 0.2) is 4.34 Å². The first-order valence-corrected chi connectivity index (χ1v) is 16.5. The predicted molar refractivity (Wildman–Crippen MR) is 173 cm³/mol. The quantitative estimate of drug-likeness (QED) is 0.0632. The molecule has 0 saturated carbocycles. The molecule has 6 rings (SSSR count). The van der Waals surface area contributed by atoms with Gasteiger partial charge >= 0.3 is 5.91 Å². The van der Waals surface area contributed by atoms with E-state index >= 15 is 0 Å². The Balaban J connectivity index is 1.37.